The van der Waals surface area contributed by atoms with Crippen LogP contribution in [-0.4, -0.2) is 6.71 Å². The molecule has 188 valence electrons. The molecule has 0 bridgehead atoms. The molecule has 2 aliphatic rings. The first-order valence-corrected chi connectivity index (χ1v) is 13.7. The third-order valence-electron chi connectivity index (χ3n) is 8.18. The van der Waals surface area contributed by atoms with Gasteiger partial charge >= 0.3 is 0 Å². The minimum Gasteiger partial charge on any atom is -0.458 e. The van der Waals surface area contributed by atoms with Crippen molar-refractivity contribution < 1.29 is 9.47 Å². The predicted octanol–water partition coefficient (Wildman–Crippen LogP) is 7.72. The maximum Gasteiger partial charge on any atom is 0.260 e. The third kappa shape index (κ3) is 3.44. The summed E-state index contributed by atoms with van der Waals surface area (Å²) in [6.07, 6.45) is 0. The van der Waals surface area contributed by atoms with Crippen LogP contribution in [0.5, 0.6) is 23.0 Å². The number of aryl methyl sites for hydroxylation is 1. The molecular formula is C37H25BO2. The Morgan fingerprint density at radius 3 is 1.65 bits per heavy atom. The zero-order valence-corrected chi connectivity index (χ0v) is 22.1. The molecule has 0 aliphatic carbocycles. The molecule has 2 aliphatic heterocycles. The molecule has 6 aromatic carbocycles. The van der Waals surface area contributed by atoms with Gasteiger partial charge in [0.05, 0.1) is 0 Å². The van der Waals surface area contributed by atoms with Crippen molar-refractivity contribution in [3.8, 4) is 56.4 Å². The van der Waals surface area contributed by atoms with Gasteiger partial charge in [-0.2, -0.15) is 0 Å². The highest BCUT2D eigenvalue weighted by Crippen LogP contribution is 2.45. The Hall–Kier alpha value is -5.02. The molecule has 8 rings (SSSR count). The topological polar surface area (TPSA) is 18.5 Å². The van der Waals surface area contributed by atoms with Crippen LogP contribution >= 0.6 is 0 Å². The Bertz CT molecular complexity index is 1910. The van der Waals surface area contributed by atoms with Gasteiger partial charge in [0.1, 0.15) is 23.0 Å². The summed E-state index contributed by atoms with van der Waals surface area (Å²) in [7, 11) is 0. The van der Waals surface area contributed by atoms with Crippen molar-refractivity contribution >= 4 is 23.1 Å². The van der Waals surface area contributed by atoms with Crippen molar-refractivity contribution in [2.24, 2.45) is 0 Å². The zero-order chi connectivity index (χ0) is 26.6. The summed E-state index contributed by atoms with van der Waals surface area (Å²) in [5.41, 5.74) is 11.4. The fourth-order valence-electron chi connectivity index (χ4n) is 6.31. The summed E-state index contributed by atoms with van der Waals surface area (Å²) in [5, 5.41) is 0. The Morgan fingerprint density at radius 1 is 0.425 bits per heavy atom. The molecule has 0 spiro atoms. The standard InChI is InChI=1S/C37H25BO2/c1-24-12-8-9-17-27(24)30-19-11-21-32-36(30)39-33-23-22-29(26-15-6-3-7-16-26)37-34(33)38(32)31-20-10-18-28(35(31)40-37)25-13-4-2-5-14-25/h2-23H,1H3. The van der Waals surface area contributed by atoms with Gasteiger partial charge in [0.2, 0.25) is 0 Å². The van der Waals surface area contributed by atoms with Crippen LogP contribution in [-0.2, 0) is 0 Å². The van der Waals surface area contributed by atoms with Crippen LogP contribution in [0.3, 0.4) is 0 Å². The second-order valence-electron chi connectivity index (χ2n) is 10.5. The minimum atomic E-state index is -0.0196. The van der Waals surface area contributed by atoms with Gasteiger partial charge in [-0.25, -0.2) is 0 Å². The normalized spacial score (nSPS) is 12.5. The van der Waals surface area contributed by atoms with Gasteiger partial charge in [0.15, 0.2) is 0 Å². The average molecular weight is 512 g/mol. The van der Waals surface area contributed by atoms with E-state index >= 15 is 0 Å². The summed E-state index contributed by atoms with van der Waals surface area (Å²) < 4.78 is 13.8. The maximum atomic E-state index is 6.96. The van der Waals surface area contributed by atoms with E-state index in [1.807, 2.05) is 6.07 Å². The number of hydrogen-bond acceptors (Lipinski definition) is 2. The van der Waals surface area contributed by atoms with E-state index < -0.39 is 0 Å². The molecule has 2 nitrogen and oxygen atoms in total. The highest BCUT2D eigenvalue weighted by molar-refractivity contribution is 6.98. The first-order chi connectivity index (χ1) is 19.8. The minimum absolute atomic E-state index is 0.0196. The quantitative estimate of drug-likeness (QED) is 0.226. The lowest BCUT2D eigenvalue weighted by Crippen LogP contribution is -2.57. The second-order valence-corrected chi connectivity index (χ2v) is 10.5. The first-order valence-electron chi connectivity index (χ1n) is 13.7. The monoisotopic (exact) mass is 512 g/mol. The van der Waals surface area contributed by atoms with E-state index in [2.05, 4.69) is 134 Å². The van der Waals surface area contributed by atoms with E-state index in [1.54, 1.807) is 0 Å². The van der Waals surface area contributed by atoms with Crippen LogP contribution in [0.15, 0.2) is 133 Å². The Balaban J connectivity index is 1.43. The van der Waals surface area contributed by atoms with Gasteiger partial charge in [0, 0.05) is 22.2 Å². The number of hydrogen-bond donors (Lipinski definition) is 0. The third-order valence-corrected chi connectivity index (χ3v) is 8.18. The van der Waals surface area contributed by atoms with Crippen molar-refractivity contribution in [3.05, 3.63) is 139 Å². The highest BCUT2D eigenvalue weighted by atomic mass is 16.5. The lowest BCUT2D eigenvalue weighted by atomic mass is 9.34. The molecular weight excluding hydrogens is 487 g/mol. The van der Waals surface area contributed by atoms with E-state index in [-0.39, 0.29) is 6.71 Å². The average Bonchev–Trinajstić information content (AvgIpc) is 3.01. The zero-order valence-electron chi connectivity index (χ0n) is 22.1. The van der Waals surface area contributed by atoms with E-state index in [1.165, 1.54) is 11.1 Å². The van der Waals surface area contributed by atoms with Crippen LogP contribution in [0.25, 0.3) is 33.4 Å². The molecule has 0 amide bonds. The number of fused-ring (bicyclic) bond motifs is 4. The summed E-state index contributed by atoms with van der Waals surface area (Å²) in [5.74, 6) is 3.56. The molecule has 0 atom stereocenters. The summed E-state index contributed by atoms with van der Waals surface area (Å²) in [4.78, 5) is 0. The summed E-state index contributed by atoms with van der Waals surface area (Å²) in [6.45, 7) is 2.14. The van der Waals surface area contributed by atoms with Crippen molar-refractivity contribution in [2.45, 2.75) is 6.92 Å². The first kappa shape index (κ1) is 22.9. The summed E-state index contributed by atoms with van der Waals surface area (Å²) in [6, 6.07) is 46.8. The Morgan fingerprint density at radius 2 is 0.975 bits per heavy atom. The van der Waals surface area contributed by atoms with Crippen molar-refractivity contribution in [2.75, 3.05) is 0 Å². The van der Waals surface area contributed by atoms with E-state index in [9.17, 15) is 0 Å². The molecule has 40 heavy (non-hydrogen) atoms. The number of ether oxygens (including phenoxy) is 2. The second kappa shape index (κ2) is 9.03. The molecule has 0 N–H and O–H groups in total. The fourth-order valence-corrected chi connectivity index (χ4v) is 6.31. The predicted molar refractivity (Wildman–Crippen MR) is 165 cm³/mol. The lowest BCUT2D eigenvalue weighted by molar-refractivity contribution is 0.467. The SMILES string of the molecule is Cc1ccccc1-c1cccc2c1Oc1ccc(-c3ccccc3)c3c1B2c1cccc(-c2ccccc2)c1O3. The smallest absolute Gasteiger partial charge is 0.260 e. The molecule has 0 radical (unpaired) electrons. The van der Waals surface area contributed by atoms with Gasteiger partial charge < -0.3 is 9.47 Å². The van der Waals surface area contributed by atoms with Crippen LogP contribution in [0.1, 0.15) is 5.56 Å². The molecule has 0 saturated heterocycles. The molecule has 0 aromatic heterocycles. The molecule has 0 saturated carbocycles. The molecule has 0 fully saturated rings. The van der Waals surface area contributed by atoms with Gasteiger partial charge in [0.25, 0.3) is 6.71 Å². The van der Waals surface area contributed by atoms with Gasteiger partial charge in [-0.3, -0.25) is 0 Å². The highest BCUT2D eigenvalue weighted by Gasteiger charge is 2.42. The number of para-hydroxylation sites is 2. The number of rotatable bonds is 3. The number of benzene rings is 6. The van der Waals surface area contributed by atoms with Crippen molar-refractivity contribution in [1.82, 2.24) is 0 Å². The fraction of sp³-hybridized carbons (Fsp3) is 0.0270. The van der Waals surface area contributed by atoms with E-state index in [0.29, 0.717) is 0 Å². The summed E-state index contributed by atoms with van der Waals surface area (Å²) >= 11 is 0. The Kier molecular flexibility index (Phi) is 5.18. The van der Waals surface area contributed by atoms with Crippen LogP contribution in [0, 0.1) is 6.92 Å². The van der Waals surface area contributed by atoms with Gasteiger partial charge in [-0.1, -0.05) is 121 Å². The molecule has 0 unspecified atom stereocenters. The lowest BCUT2D eigenvalue weighted by Gasteiger charge is -2.35. The maximum absolute atomic E-state index is 6.96. The van der Waals surface area contributed by atoms with Crippen LogP contribution < -0.4 is 25.9 Å². The van der Waals surface area contributed by atoms with Gasteiger partial charge in [-0.05, 0) is 52.2 Å². The molecule has 3 heteroatoms. The van der Waals surface area contributed by atoms with E-state index in [0.717, 1.165) is 67.2 Å². The largest absolute Gasteiger partial charge is 0.458 e. The van der Waals surface area contributed by atoms with Crippen molar-refractivity contribution in [1.29, 1.82) is 0 Å². The van der Waals surface area contributed by atoms with Gasteiger partial charge in [-0.15, -0.1) is 0 Å². The Labute approximate surface area is 234 Å². The molecule has 2 heterocycles. The van der Waals surface area contributed by atoms with Crippen molar-refractivity contribution in [3.63, 3.8) is 0 Å². The van der Waals surface area contributed by atoms with Crippen LogP contribution in [0.2, 0.25) is 0 Å². The van der Waals surface area contributed by atoms with E-state index in [4.69, 9.17) is 9.47 Å². The molecule has 6 aromatic rings. The van der Waals surface area contributed by atoms with Crippen LogP contribution in [0.4, 0.5) is 0 Å².